The number of amides is 2. The van der Waals surface area contributed by atoms with E-state index in [1.807, 2.05) is 31.2 Å². The molecule has 0 aromatic heterocycles. The number of carboxylic acid groups (broad SMARTS) is 1. The monoisotopic (exact) mass is 450 g/mol. The largest absolute Gasteiger partial charge is 0.481 e. The normalized spacial score (nSPS) is 18.2. The number of nitrogens with zero attached hydrogens (tertiary/aromatic N) is 1. The molecule has 174 valence electrons. The van der Waals surface area contributed by atoms with Gasteiger partial charge in [0.15, 0.2) is 0 Å². The molecule has 1 fully saturated rings. The Morgan fingerprint density at radius 2 is 1.70 bits per heavy atom. The van der Waals surface area contributed by atoms with E-state index < -0.39 is 18.1 Å². The Bertz CT molecular complexity index is 991. The van der Waals surface area contributed by atoms with E-state index in [9.17, 15) is 19.5 Å². The Morgan fingerprint density at radius 1 is 1.06 bits per heavy atom. The minimum absolute atomic E-state index is 0.0547. The number of benzene rings is 2. The number of rotatable bonds is 7. The molecule has 7 nitrogen and oxygen atoms in total. The zero-order chi connectivity index (χ0) is 23.4. The van der Waals surface area contributed by atoms with E-state index in [0.717, 1.165) is 35.1 Å². The van der Waals surface area contributed by atoms with E-state index in [1.165, 1.54) is 0 Å². The highest BCUT2D eigenvalue weighted by Gasteiger charge is 2.34. The molecule has 33 heavy (non-hydrogen) atoms. The Morgan fingerprint density at radius 3 is 2.30 bits per heavy atom. The fraction of sp³-hybridized carbons (Fsp3) is 0.423. The number of alkyl carbamates (subject to hydrolysis) is 1. The lowest BCUT2D eigenvalue weighted by Gasteiger charge is -2.37. The van der Waals surface area contributed by atoms with Crippen molar-refractivity contribution in [3.05, 3.63) is 59.7 Å². The molecule has 1 unspecified atom stereocenters. The van der Waals surface area contributed by atoms with Gasteiger partial charge in [-0.3, -0.25) is 9.59 Å². The first kappa shape index (κ1) is 22.8. The van der Waals surface area contributed by atoms with Crippen LogP contribution in [0.2, 0.25) is 0 Å². The van der Waals surface area contributed by atoms with Crippen LogP contribution in [0.4, 0.5) is 4.79 Å². The number of hydrogen-bond acceptors (Lipinski definition) is 4. The van der Waals surface area contributed by atoms with Gasteiger partial charge in [-0.1, -0.05) is 55.5 Å². The zero-order valence-corrected chi connectivity index (χ0v) is 18.8. The summed E-state index contributed by atoms with van der Waals surface area (Å²) in [6.45, 7) is 2.51. The van der Waals surface area contributed by atoms with Gasteiger partial charge < -0.3 is 20.1 Å². The molecule has 7 heteroatoms. The van der Waals surface area contributed by atoms with Gasteiger partial charge in [-0.15, -0.1) is 0 Å². The topological polar surface area (TPSA) is 95.9 Å². The third-order valence-corrected chi connectivity index (χ3v) is 6.66. The standard InChI is InChI=1S/C26H30N2O5/c1-2-23(25(31)28-14-8-7-9-17(28)15-24(29)30)27-26(32)33-16-22-20-12-5-3-10-18(20)19-11-4-6-13-21(19)22/h3-6,10-13,17,22-23H,2,7-9,14-16H2,1H3,(H,27,32)(H,29,30)/t17?,23-/m1/s1. The number of aliphatic carboxylic acids is 1. The molecular weight excluding hydrogens is 420 g/mol. The Balaban J connectivity index is 1.40. The first-order valence-corrected chi connectivity index (χ1v) is 11.6. The molecule has 1 aliphatic heterocycles. The second-order valence-corrected chi connectivity index (χ2v) is 8.71. The predicted octanol–water partition coefficient (Wildman–Crippen LogP) is 4.16. The average Bonchev–Trinajstić information content (AvgIpc) is 3.14. The lowest BCUT2D eigenvalue weighted by atomic mass is 9.98. The molecule has 2 N–H and O–H groups in total. The molecule has 2 aromatic rings. The van der Waals surface area contributed by atoms with Crippen molar-refractivity contribution in [2.24, 2.45) is 0 Å². The van der Waals surface area contributed by atoms with E-state index in [4.69, 9.17) is 4.74 Å². The summed E-state index contributed by atoms with van der Waals surface area (Å²) >= 11 is 0. The van der Waals surface area contributed by atoms with Crippen LogP contribution in [-0.4, -0.2) is 53.2 Å². The van der Waals surface area contributed by atoms with Gasteiger partial charge in [0.2, 0.25) is 5.91 Å². The van der Waals surface area contributed by atoms with Crippen LogP contribution in [0.1, 0.15) is 56.1 Å². The summed E-state index contributed by atoms with van der Waals surface area (Å²) in [4.78, 5) is 38.6. The number of fused-ring (bicyclic) bond motifs is 3. The van der Waals surface area contributed by atoms with Crippen molar-refractivity contribution in [3.8, 4) is 11.1 Å². The fourth-order valence-corrected chi connectivity index (χ4v) is 5.03. The fourth-order valence-electron chi connectivity index (χ4n) is 5.03. The molecule has 2 amide bonds. The predicted molar refractivity (Wildman–Crippen MR) is 124 cm³/mol. The highest BCUT2D eigenvalue weighted by Crippen LogP contribution is 2.44. The molecule has 2 aromatic carbocycles. The van der Waals surface area contributed by atoms with Crippen molar-refractivity contribution in [3.63, 3.8) is 0 Å². The van der Waals surface area contributed by atoms with E-state index in [2.05, 4.69) is 29.6 Å². The van der Waals surface area contributed by atoms with Gasteiger partial charge in [0, 0.05) is 18.5 Å². The Labute approximate surface area is 193 Å². The van der Waals surface area contributed by atoms with Gasteiger partial charge in [-0.2, -0.15) is 0 Å². The van der Waals surface area contributed by atoms with Gasteiger partial charge in [0.05, 0.1) is 6.42 Å². The molecule has 0 radical (unpaired) electrons. The summed E-state index contributed by atoms with van der Waals surface area (Å²) in [7, 11) is 0. The molecule has 1 heterocycles. The van der Waals surface area contributed by atoms with E-state index >= 15 is 0 Å². The molecule has 4 rings (SSSR count). The van der Waals surface area contributed by atoms with Gasteiger partial charge in [0.1, 0.15) is 12.6 Å². The number of piperidine rings is 1. The number of carboxylic acids is 1. The molecule has 1 aliphatic carbocycles. The van der Waals surface area contributed by atoms with Crippen LogP contribution < -0.4 is 5.32 Å². The van der Waals surface area contributed by atoms with Crippen molar-refractivity contribution < 1.29 is 24.2 Å². The van der Waals surface area contributed by atoms with Crippen molar-refractivity contribution in [1.82, 2.24) is 10.2 Å². The van der Waals surface area contributed by atoms with Gasteiger partial charge in [-0.25, -0.2) is 4.79 Å². The molecule has 0 saturated carbocycles. The van der Waals surface area contributed by atoms with Gasteiger partial charge >= 0.3 is 12.1 Å². The third kappa shape index (κ3) is 4.87. The summed E-state index contributed by atoms with van der Waals surface area (Å²) in [6.07, 6.45) is 2.09. The molecule has 1 saturated heterocycles. The maximum atomic E-state index is 13.1. The van der Waals surface area contributed by atoms with Crippen molar-refractivity contribution in [1.29, 1.82) is 0 Å². The molecule has 0 bridgehead atoms. The SMILES string of the molecule is CC[C@@H](NC(=O)OCC1c2ccccc2-c2ccccc21)C(=O)N1CCCCC1CC(=O)O. The molecule has 2 aliphatic rings. The van der Waals surface area contributed by atoms with E-state index in [-0.39, 0.29) is 30.9 Å². The van der Waals surface area contributed by atoms with Crippen LogP contribution >= 0.6 is 0 Å². The summed E-state index contributed by atoms with van der Waals surface area (Å²) in [6, 6.07) is 15.2. The van der Waals surface area contributed by atoms with Crippen LogP contribution in [-0.2, 0) is 14.3 Å². The number of carbonyl (C=O) groups excluding carboxylic acids is 2. The van der Waals surface area contributed by atoms with Crippen LogP contribution in [0.25, 0.3) is 11.1 Å². The molecule has 2 atom stereocenters. The lowest BCUT2D eigenvalue weighted by Crippen LogP contribution is -2.53. The van der Waals surface area contributed by atoms with E-state index in [1.54, 1.807) is 4.90 Å². The first-order valence-electron chi connectivity index (χ1n) is 11.6. The molecular formula is C26H30N2O5. The lowest BCUT2D eigenvalue weighted by molar-refractivity contribution is -0.142. The highest BCUT2D eigenvalue weighted by atomic mass is 16.5. The number of likely N-dealkylation sites (tertiary alicyclic amines) is 1. The first-order chi connectivity index (χ1) is 16.0. The smallest absolute Gasteiger partial charge is 0.407 e. The minimum atomic E-state index is -0.919. The van der Waals surface area contributed by atoms with Gasteiger partial charge in [-0.05, 0) is 47.9 Å². The maximum Gasteiger partial charge on any atom is 0.407 e. The van der Waals surface area contributed by atoms with E-state index in [0.29, 0.717) is 19.4 Å². The summed E-state index contributed by atoms with van der Waals surface area (Å²) in [5.41, 5.74) is 4.55. The van der Waals surface area contributed by atoms with Crippen LogP contribution in [0.5, 0.6) is 0 Å². The van der Waals surface area contributed by atoms with Crippen LogP contribution in [0, 0.1) is 0 Å². The number of hydrogen-bond donors (Lipinski definition) is 2. The van der Waals surface area contributed by atoms with Crippen LogP contribution in [0.3, 0.4) is 0 Å². The zero-order valence-electron chi connectivity index (χ0n) is 18.8. The van der Waals surface area contributed by atoms with Crippen LogP contribution in [0.15, 0.2) is 48.5 Å². The van der Waals surface area contributed by atoms with Crippen molar-refractivity contribution >= 4 is 18.0 Å². The second-order valence-electron chi connectivity index (χ2n) is 8.71. The third-order valence-electron chi connectivity index (χ3n) is 6.66. The summed E-state index contributed by atoms with van der Waals surface area (Å²) in [5, 5.41) is 11.9. The number of ether oxygens (including phenoxy) is 1. The summed E-state index contributed by atoms with van der Waals surface area (Å²) < 4.78 is 5.59. The minimum Gasteiger partial charge on any atom is -0.481 e. The molecule has 0 spiro atoms. The van der Waals surface area contributed by atoms with Crippen molar-refractivity contribution in [2.45, 2.75) is 57.0 Å². The van der Waals surface area contributed by atoms with Gasteiger partial charge in [0.25, 0.3) is 0 Å². The number of nitrogens with one attached hydrogen (secondary N) is 1. The quantitative estimate of drug-likeness (QED) is 0.660. The average molecular weight is 451 g/mol. The number of carbonyl (C=O) groups is 3. The Hall–Kier alpha value is -3.35. The maximum absolute atomic E-state index is 13.1. The second kappa shape index (κ2) is 10.1. The highest BCUT2D eigenvalue weighted by molar-refractivity contribution is 5.86. The van der Waals surface area contributed by atoms with Crippen molar-refractivity contribution in [2.75, 3.05) is 13.2 Å². The Kier molecular flexibility index (Phi) is 6.96. The summed E-state index contributed by atoms with van der Waals surface area (Å²) in [5.74, 6) is -1.21.